The highest BCUT2D eigenvalue weighted by molar-refractivity contribution is 5.97. The summed E-state index contributed by atoms with van der Waals surface area (Å²) in [5, 5.41) is 14.8. The summed E-state index contributed by atoms with van der Waals surface area (Å²) in [6, 6.07) is 5.89. The molecule has 1 aliphatic rings. The van der Waals surface area contributed by atoms with E-state index in [1.165, 1.54) is 11.1 Å². The van der Waals surface area contributed by atoms with Crippen molar-refractivity contribution in [2.24, 2.45) is 10.9 Å². The number of nitrogens with one attached hydrogen (secondary N) is 1. The molecule has 4 nitrogen and oxygen atoms in total. The summed E-state index contributed by atoms with van der Waals surface area (Å²) in [7, 11) is 0. The number of amidine groups is 1. The lowest BCUT2D eigenvalue weighted by atomic mass is 9.98. The normalized spacial score (nSPS) is 16.4. The van der Waals surface area contributed by atoms with Gasteiger partial charge in [-0.1, -0.05) is 17.3 Å². The van der Waals surface area contributed by atoms with Crippen LogP contribution in [0.2, 0.25) is 0 Å². The van der Waals surface area contributed by atoms with Gasteiger partial charge in [0.05, 0.1) is 0 Å². The quantitative estimate of drug-likeness (QED) is 0.261. The lowest BCUT2D eigenvalue weighted by molar-refractivity contribution is 0.318. The summed E-state index contributed by atoms with van der Waals surface area (Å²) in [6.45, 7) is 1.90. The van der Waals surface area contributed by atoms with Crippen LogP contribution in [0.4, 0.5) is 0 Å². The molecule has 1 aromatic rings. The average molecular weight is 191 g/mol. The molecule has 0 bridgehead atoms. The van der Waals surface area contributed by atoms with Crippen molar-refractivity contribution in [1.29, 1.82) is 0 Å². The van der Waals surface area contributed by atoms with E-state index in [4.69, 9.17) is 10.9 Å². The van der Waals surface area contributed by atoms with Gasteiger partial charge in [0.2, 0.25) is 0 Å². The Bertz CT molecular complexity index is 374. The Morgan fingerprint density at radius 3 is 3.07 bits per heavy atom. The fraction of sp³-hybridized carbons (Fsp3) is 0.300. The van der Waals surface area contributed by atoms with Gasteiger partial charge >= 0.3 is 0 Å². The van der Waals surface area contributed by atoms with Crippen molar-refractivity contribution in [3.63, 3.8) is 0 Å². The maximum atomic E-state index is 8.54. The van der Waals surface area contributed by atoms with Crippen molar-refractivity contribution < 1.29 is 5.21 Å². The van der Waals surface area contributed by atoms with Gasteiger partial charge in [-0.2, -0.15) is 0 Å². The molecule has 4 heteroatoms. The van der Waals surface area contributed by atoms with E-state index in [2.05, 4.69) is 10.5 Å². The third-order valence-electron chi connectivity index (χ3n) is 2.50. The third kappa shape index (κ3) is 1.56. The minimum atomic E-state index is 0.173. The number of fused-ring (bicyclic) bond motifs is 1. The fourth-order valence-electron chi connectivity index (χ4n) is 1.69. The van der Waals surface area contributed by atoms with E-state index < -0.39 is 0 Å². The van der Waals surface area contributed by atoms with Crippen LogP contribution >= 0.6 is 0 Å². The van der Waals surface area contributed by atoms with E-state index >= 15 is 0 Å². The molecular formula is C10H13N3O. The summed E-state index contributed by atoms with van der Waals surface area (Å²) >= 11 is 0. The Hall–Kier alpha value is -1.55. The van der Waals surface area contributed by atoms with Gasteiger partial charge in [0.15, 0.2) is 5.84 Å². The van der Waals surface area contributed by atoms with Crippen LogP contribution in [-0.4, -0.2) is 17.6 Å². The summed E-state index contributed by atoms with van der Waals surface area (Å²) in [5.74, 6) is 0.173. The molecule has 2 rings (SSSR count). The Morgan fingerprint density at radius 2 is 2.29 bits per heavy atom. The number of oxime groups is 1. The van der Waals surface area contributed by atoms with Gasteiger partial charge in [0.1, 0.15) is 0 Å². The molecule has 0 fully saturated rings. The summed E-state index contributed by atoms with van der Waals surface area (Å²) in [4.78, 5) is 0. The molecule has 1 aromatic carbocycles. The highest BCUT2D eigenvalue weighted by Crippen LogP contribution is 2.15. The monoisotopic (exact) mass is 191 g/mol. The van der Waals surface area contributed by atoms with Gasteiger partial charge in [-0.3, -0.25) is 0 Å². The van der Waals surface area contributed by atoms with Crippen molar-refractivity contribution >= 4 is 5.84 Å². The zero-order valence-corrected chi connectivity index (χ0v) is 7.83. The number of benzene rings is 1. The lowest BCUT2D eigenvalue weighted by Gasteiger charge is -2.17. The number of nitrogens with zero attached hydrogens (tertiary/aromatic N) is 1. The predicted octanol–water partition coefficient (Wildman–Crippen LogP) is 0.427. The zero-order chi connectivity index (χ0) is 9.97. The van der Waals surface area contributed by atoms with Crippen LogP contribution in [0.3, 0.4) is 0 Å². The minimum Gasteiger partial charge on any atom is -0.409 e. The smallest absolute Gasteiger partial charge is 0.170 e. The Labute approximate surface area is 82.4 Å². The second-order valence-corrected chi connectivity index (χ2v) is 3.40. The van der Waals surface area contributed by atoms with E-state index in [1.807, 2.05) is 18.2 Å². The first-order valence-electron chi connectivity index (χ1n) is 4.61. The van der Waals surface area contributed by atoms with E-state index in [-0.39, 0.29) is 5.84 Å². The van der Waals surface area contributed by atoms with Gasteiger partial charge in [-0.25, -0.2) is 0 Å². The van der Waals surface area contributed by atoms with E-state index in [0.29, 0.717) is 0 Å². The van der Waals surface area contributed by atoms with Crippen LogP contribution in [0.15, 0.2) is 23.4 Å². The topological polar surface area (TPSA) is 70.6 Å². The van der Waals surface area contributed by atoms with E-state index in [1.54, 1.807) is 0 Å². The molecule has 0 saturated carbocycles. The summed E-state index contributed by atoms with van der Waals surface area (Å²) in [6.07, 6.45) is 1.00. The lowest BCUT2D eigenvalue weighted by Crippen LogP contribution is -2.24. The van der Waals surface area contributed by atoms with Gasteiger partial charge in [-0.15, -0.1) is 0 Å². The first kappa shape index (κ1) is 9.02. The molecule has 0 saturated heterocycles. The number of rotatable bonds is 1. The van der Waals surface area contributed by atoms with Crippen molar-refractivity contribution in [2.75, 3.05) is 6.54 Å². The maximum Gasteiger partial charge on any atom is 0.170 e. The molecule has 0 aromatic heterocycles. The van der Waals surface area contributed by atoms with Crippen molar-refractivity contribution in [2.45, 2.75) is 13.0 Å². The first-order chi connectivity index (χ1) is 6.81. The zero-order valence-electron chi connectivity index (χ0n) is 7.83. The summed E-state index contributed by atoms with van der Waals surface area (Å²) in [5.41, 5.74) is 8.88. The van der Waals surface area contributed by atoms with Crippen LogP contribution < -0.4 is 11.1 Å². The Kier molecular flexibility index (Phi) is 2.37. The molecule has 1 aliphatic heterocycles. The standard InChI is InChI=1S/C10H13N3O/c11-10(13-14)8-1-2-9-6-12-4-3-7(9)5-8/h1-2,5,12,14H,3-4,6H2,(H2,11,13). The van der Waals surface area contributed by atoms with Crippen molar-refractivity contribution in [3.8, 4) is 0 Å². The minimum absolute atomic E-state index is 0.173. The van der Waals surface area contributed by atoms with Gasteiger partial charge in [-0.05, 0) is 30.2 Å². The summed E-state index contributed by atoms with van der Waals surface area (Å²) < 4.78 is 0. The van der Waals surface area contributed by atoms with Crippen LogP contribution in [-0.2, 0) is 13.0 Å². The average Bonchev–Trinajstić information content (AvgIpc) is 2.27. The van der Waals surface area contributed by atoms with Gasteiger partial charge < -0.3 is 16.3 Å². The van der Waals surface area contributed by atoms with E-state index in [9.17, 15) is 0 Å². The van der Waals surface area contributed by atoms with Gasteiger partial charge in [0.25, 0.3) is 0 Å². The molecular weight excluding hydrogens is 178 g/mol. The molecule has 0 unspecified atom stereocenters. The highest BCUT2D eigenvalue weighted by Gasteiger charge is 2.09. The fourth-order valence-corrected chi connectivity index (χ4v) is 1.69. The van der Waals surface area contributed by atoms with Crippen LogP contribution in [0, 0.1) is 0 Å². The van der Waals surface area contributed by atoms with Crippen LogP contribution in [0.1, 0.15) is 16.7 Å². The molecule has 0 atom stereocenters. The third-order valence-corrected chi connectivity index (χ3v) is 2.50. The highest BCUT2D eigenvalue weighted by atomic mass is 16.4. The second kappa shape index (κ2) is 3.67. The molecule has 14 heavy (non-hydrogen) atoms. The molecule has 0 spiro atoms. The number of hydrogen-bond acceptors (Lipinski definition) is 3. The Morgan fingerprint density at radius 1 is 1.43 bits per heavy atom. The van der Waals surface area contributed by atoms with Crippen LogP contribution in [0.25, 0.3) is 0 Å². The molecule has 0 aliphatic carbocycles. The van der Waals surface area contributed by atoms with Crippen LogP contribution in [0.5, 0.6) is 0 Å². The molecule has 1 heterocycles. The SMILES string of the molecule is N/C(=N\O)c1ccc2c(c1)CCNC2. The number of nitrogens with two attached hydrogens (primary N) is 1. The molecule has 0 amide bonds. The largest absolute Gasteiger partial charge is 0.409 e. The predicted molar refractivity (Wildman–Crippen MR) is 54.4 cm³/mol. The first-order valence-corrected chi connectivity index (χ1v) is 4.61. The molecule has 0 radical (unpaired) electrons. The van der Waals surface area contributed by atoms with Gasteiger partial charge in [0, 0.05) is 12.1 Å². The molecule has 74 valence electrons. The molecule has 4 N–H and O–H groups in total. The Balaban J connectivity index is 2.38. The maximum absolute atomic E-state index is 8.54. The second-order valence-electron chi connectivity index (χ2n) is 3.40. The van der Waals surface area contributed by atoms with Crippen molar-refractivity contribution in [1.82, 2.24) is 5.32 Å². The number of hydrogen-bond donors (Lipinski definition) is 3. The van der Waals surface area contributed by atoms with E-state index in [0.717, 1.165) is 25.1 Å². The van der Waals surface area contributed by atoms with Crippen molar-refractivity contribution in [3.05, 3.63) is 34.9 Å².